The van der Waals surface area contributed by atoms with Crippen molar-refractivity contribution in [2.75, 3.05) is 0 Å². The van der Waals surface area contributed by atoms with E-state index in [-0.39, 0.29) is 0 Å². The molecule has 2 heterocycles. The van der Waals surface area contributed by atoms with Crippen molar-refractivity contribution in [3.63, 3.8) is 0 Å². The molecule has 188 valence electrons. The number of hydrogen-bond acceptors (Lipinski definition) is 1. The van der Waals surface area contributed by atoms with Gasteiger partial charge in [0.15, 0.2) is 0 Å². The second-order valence-corrected chi connectivity index (χ2v) is 11.4. The van der Waals surface area contributed by atoms with E-state index >= 15 is 0 Å². The van der Waals surface area contributed by atoms with Crippen LogP contribution in [0.5, 0.6) is 0 Å². The molecule has 0 bridgehead atoms. The largest absolute Gasteiger partial charge is 0.342 e. The fourth-order valence-electron chi connectivity index (χ4n) is 7.41. The van der Waals surface area contributed by atoms with Crippen LogP contribution in [0.2, 0.25) is 0 Å². The lowest BCUT2D eigenvalue weighted by molar-refractivity contribution is 0.436. The summed E-state index contributed by atoms with van der Waals surface area (Å²) in [6, 6.07) is 22.4. The van der Waals surface area contributed by atoms with E-state index in [1.807, 2.05) is 6.20 Å². The third kappa shape index (κ3) is 3.82. The summed E-state index contributed by atoms with van der Waals surface area (Å²) in [6.45, 7) is 0. The molecule has 0 spiro atoms. The van der Waals surface area contributed by atoms with Crippen LogP contribution < -0.4 is 0 Å². The maximum atomic E-state index is 4.91. The maximum Gasteiger partial charge on any atom is 0.144 e. The molecule has 0 saturated heterocycles. The Labute approximate surface area is 220 Å². The minimum atomic E-state index is 0.611. The molecule has 2 aliphatic carbocycles. The molecule has 5 aromatic rings. The Balaban J connectivity index is 1.59. The molecule has 2 saturated carbocycles. The van der Waals surface area contributed by atoms with E-state index in [9.17, 15) is 0 Å². The van der Waals surface area contributed by atoms with Crippen molar-refractivity contribution in [3.8, 4) is 17.1 Å². The lowest BCUT2D eigenvalue weighted by Gasteiger charge is -2.30. The van der Waals surface area contributed by atoms with Crippen LogP contribution in [0.15, 0.2) is 73.1 Å². The normalized spacial score (nSPS) is 17.6. The molecule has 3 aromatic carbocycles. The topological polar surface area (TPSA) is 22.8 Å². The van der Waals surface area contributed by atoms with E-state index in [2.05, 4.69) is 83.0 Å². The van der Waals surface area contributed by atoms with Gasteiger partial charge in [0, 0.05) is 41.3 Å². The molecular weight excluding hydrogens is 450 g/mol. The van der Waals surface area contributed by atoms with Crippen LogP contribution in [-0.2, 0) is 7.05 Å². The maximum absolute atomic E-state index is 4.91. The van der Waals surface area contributed by atoms with E-state index in [1.54, 1.807) is 11.1 Å². The highest BCUT2D eigenvalue weighted by molar-refractivity contribution is 6.13. The van der Waals surface area contributed by atoms with E-state index in [1.165, 1.54) is 97.3 Å². The first-order valence-electron chi connectivity index (χ1n) is 14.4. The first-order chi connectivity index (χ1) is 18.3. The first-order valence-corrected chi connectivity index (χ1v) is 14.4. The van der Waals surface area contributed by atoms with Gasteiger partial charge in [-0.1, -0.05) is 93.1 Å². The summed E-state index contributed by atoms with van der Waals surface area (Å²) in [5, 5.41) is 2.88. The molecule has 0 aliphatic heterocycles. The highest BCUT2D eigenvalue weighted by Crippen LogP contribution is 2.47. The lowest BCUT2D eigenvalue weighted by atomic mass is 9.77. The number of aromatic nitrogens is 3. The van der Waals surface area contributed by atoms with Crippen molar-refractivity contribution in [2.45, 2.75) is 76.0 Å². The summed E-state index contributed by atoms with van der Waals surface area (Å²) in [5.41, 5.74) is 8.41. The van der Waals surface area contributed by atoms with Gasteiger partial charge in [0.1, 0.15) is 5.82 Å². The zero-order valence-corrected chi connectivity index (χ0v) is 22.0. The summed E-state index contributed by atoms with van der Waals surface area (Å²) in [5.74, 6) is 2.31. The molecule has 2 fully saturated rings. The second kappa shape index (κ2) is 9.52. The van der Waals surface area contributed by atoms with Crippen molar-refractivity contribution in [3.05, 3.63) is 84.2 Å². The Morgan fingerprint density at radius 3 is 2.11 bits per heavy atom. The van der Waals surface area contributed by atoms with Gasteiger partial charge in [-0.15, -0.1) is 0 Å². The van der Waals surface area contributed by atoms with Gasteiger partial charge in [0.05, 0.1) is 11.2 Å². The van der Waals surface area contributed by atoms with Gasteiger partial charge < -0.3 is 4.57 Å². The summed E-state index contributed by atoms with van der Waals surface area (Å²) < 4.78 is 4.89. The molecule has 2 aliphatic rings. The Hall–Kier alpha value is -3.33. The SMILES string of the molecule is Cn1c2ccccc2c2c(C3CCCCC3)cc(C3CCCCC3)c(-n3ccnc3-c3ccccc3)c21. The molecule has 0 atom stereocenters. The molecular formula is C34H37N3. The van der Waals surface area contributed by atoms with Crippen molar-refractivity contribution < 1.29 is 0 Å². The minimum absolute atomic E-state index is 0.611. The van der Waals surface area contributed by atoms with Crippen LogP contribution in [-0.4, -0.2) is 14.1 Å². The predicted octanol–water partition coefficient (Wildman–Crippen LogP) is 9.28. The number of hydrogen-bond donors (Lipinski definition) is 0. The molecule has 0 N–H and O–H groups in total. The highest BCUT2D eigenvalue weighted by Gasteiger charge is 2.29. The minimum Gasteiger partial charge on any atom is -0.342 e. The molecule has 3 heteroatoms. The van der Waals surface area contributed by atoms with E-state index in [0.717, 1.165) is 5.82 Å². The lowest BCUT2D eigenvalue weighted by Crippen LogP contribution is -2.13. The zero-order chi connectivity index (χ0) is 24.8. The summed E-state index contributed by atoms with van der Waals surface area (Å²) >= 11 is 0. The van der Waals surface area contributed by atoms with Crippen LogP contribution in [0, 0.1) is 0 Å². The fourth-order valence-corrected chi connectivity index (χ4v) is 7.41. The number of nitrogens with zero attached hydrogens (tertiary/aromatic N) is 3. The number of para-hydroxylation sites is 1. The number of imidazole rings is 1. The Kier molecular flexibility index (Phi) is 5.88. The van der Waals surface area contributed by atoms with Gasteiger partial charge in [0.25, 0.3) is 0 Å². The highest BCUT2D eigenvalue weighted by atomic mass is 15.1. The number of rotatable bonds is 4. The van der Waals surface area contributed by atoms with Crippen LogP contribution >= 0.6 is 0 Å². The van der Waals surface area contributed by atoms with Crippen LogP contribution in [0.25, 0.3) is 38.9 Å². The summed E-state index contributed by atoms with van der Waals surface area (Å²) in [4.78, 5) is 4.91. The van der Waals surface area contributed by atoms with Gasteiger partial charge in [-0.05, 0) is 54.7 Å². The number of benzene rings is 3. The number of fused-ring (bicyclic) bond motifs is 3. The monoisotopic (exact) mass is 487 g/mol. The molecule has 7 rings (SSSR count). The van der Waals surface area contributed by atoms with Gasteiger partial charge in [0.2, 0.25) is 0 Å². The Bertz CT molecular complexity index is 1540. The van der Waals surface area contributed by atoms with E-state index in [0.29, 0.717) is 11.8 Å². The van der Waals surface area contributed by atoms with Gasteiger partial charge >= 0.3 is 0 Å². The second-order valence-electron chi connectivity index (χ2n) is 11.4. The first kappa shape index (κ1) is 22.8. The summed E-state index contributed by atoms with van der Waals surface area (Å²) in [7, 11) is 2.28. The third-order valence-corrected chi connectivity index (χ3v) is 9.21. The van der Waals surface area contributed by atoms with Crippen LogP contribution in [0.3, 0.4) is 0 Å². The van der Waals surface area contributed by atoms with E-state index in [4.69, 9.17) is 4.98 Å². The smallest absolute Gasteiger partial charge is 0.144 e. The average Bonchev–Trinajstić information content (AvgIpc) is 3.57. The quantitative estimate of drug-likeness (QED) is 0.248. The molecule has 0 amide bonds. The molecule has 2 aromatic heterocycles. The standard InChI is InChI=1S/C34H37N3/c1-36-30-20-12-11-19-27(30)31-28(24-13-5-2-6-14-24)23-29(25-15-7-3-8-16-25)32(33(31)36)37-22-21-35-34(37)26-17-9-4-10-18-26/h4,9-12,17-25H,2-3,5-8,13-16H2,1H3. The van der Waals surface area contributed by atoms with Crippen LogP contribution in [0.4, 0.5) is 0 Å². The predicted molar refractivity (Wildman–Crippen MR) is 155 cm³/mol. The fraction of sp³-hybridized carbons (Fsp3) is 0.382. The van der Waals surface area contributed by atoms with Gasteiger partial charge in [-0.3, -0.25) is 4.57 Å². The van der Waals surface area contributed by atoms with Crippen molar-refractivity contribution in [2.24, 2.45) is 7.05 Å². The Morgan fingerprint density at radius 2 is 1.38 bits per heavy atom. The molecule has 0 radical (unpaired) electrons. The summed E-state index contributed by atoms with van der Waals surface area (Å²) in [6.07, 6.45) is 17.6. The number of aryl methyl sites for hydroxylation is 1. The van der Waals surface area contributed by atoms with Crippen molar-refractivity contribution in [1.82, 2.24) is 14.1 Å². The van der Waals surface area contributed by atoms with Crippen molar-refractivity contribution >= 4 is 21.8 Å². The van der Waals surface area contributed by atoms with E-state index < -0.39 is 0 Å². The molecule has 3 nitrogen and oxygen atoms in total. The molecule has 37 heavy (non-hydrogen) atoms. The third-order valence-electron chi connectivity index (χ3n) is 9.21. The van der Waals surface area contributed by atoms with Crippen LogP contribution in [0.1, 0.15) is 87.2 Å². The average molecular weight is 488 g/mol. The molecule has 0 unspecified atom stereocenters. The van der Waals surface area contributed by atoms with Gasteiger partial charge in [-0.25, -0.2) is 4.98 Å². The van der Waals surface area contributed by atoms with Crippen molar-refractivity contribution in [1.29, 1.82) is 0 Å². The Morgan fingerprint density at radius 1 is 0.730 bits per heavy atom. The van der Waals surface area contributed by atoms with Gasteiger partial charge in [-0.2, -0.15) is 0 Å². The zero-order valence-electron chi connectivity index (χ0n) is 22.0.